The van der Waals surface area contributed by atoms with E-state index in [2.05, 4.69) is 49.7 Å². The fourth-order valence-electron chi connectivity index (χ4n) is 4.33. The van der Waals surface area contributed by atoms with E-state index in [-0.39, 0.29) is 5.78 Å². The van der Waals surface area contributed by atoms with Crippen molar-refractivity contribution in [2.75, 3.05) is 6.61 Å². The molecule has 1 aromatic heterocycles. The van der Waals surface area contributed by atoms with E-state index in [4.69, 9.17) is 9.15 Å². The Kier molecular flexibility index (Phi) is 5.63. The van der Waals surface area contributed by atoms with Gasteiger partial charge in [0.1, 0.15) is 17.1 Å². The van der Waals surface area contributed by atoms with Crippen LogP contribution in [-0.4, -0.2) is 12.4 Å². The van der Waals surface area contributed by atoms with Crippen LogP contribution in [0.5, 0.6) is 5.75 Å². The van der Waals surface area contributed by atoms with Gasteiger partial charge in [-0.05, 0) is 68.7 Å². The van der Waals surface area contributed by atoms with Crippen LogP contribution in [0.25, 0.3) is 11.0 Å². The summed E-state index contributed by atoms with van der Waals surface area (Å²) in [6.07, 6.45) is 5.30. The summed E-state index contributed by atoms with van der Waals surface area (Å²) in [5, 5.41) is 0.868. The number of hydrogen-bond acceptors (Lipinski definition) is 3. The van der Waals surface area contributed by atoms with E-state index in [1.165, 1.54) is 5.57 Å². The first-order valence-electron chi connectivity index (χ1n) is 10.6. The predicted octanol–water partition coefficient (Wildman–Crippen LogP) is 7.58. The Labute approximate surface area is 186 Å². The normalized spacial score (nSPS) is 15.2. The van der Waals surface area contributed by atoms with Crippen molar-refractivity contribution in [3.05, 3.63) is 75.0 Å². The van der Waals surface area contributed by atoms with Crippen LogP contribution < -0.4 is 4.74 Å². The van der Waals surface area contributed by atoms with Crippen LogP contribution in [0.15, 0.2) is 56.9 Å². The van der Waals surface area contributed by atoms with Crippen LogP contribution in [0, 0.1) is 0 Å². The van der Waals surface area contributed by atoms with Crippen molar-refractivity contribution in [1.29, 1.82) is 0 Å². The highest BCUT2D eigenvalue weighted by molar-refractivity contribution is 9.10. The molecule has 0 bridgehead atoms. The van der Waals surface area contributed by atoms with E-state index >= 15 is 0 Å². The molecule has 1 aliphatic rings. The molecule has 0 fully saturated rings. The van der Waals surface area contributed by atoms with Gasteiger partial charge in [-0.15, -0.1) is 0 Å². The molecule has 2 aromatic carbocycles. The first-order chi connectivity index (χ1) is 14.4. The van der Waals surface area contributed by atoms with Gasteiger partial charge < -0.3 is 9.15 Å². The van der Waals surface area contributed by atoms with Crippen molar-refractivity contribution in [2.45, 2.75) is 52.4 Å². The molecule has 1 heterocycles. The van der Waals surface area contributed by atoms with E-state index in [9.17, 15) is 4.79 Å². The number of benzene rings is 2. The van der Waals surface area contributed by atoms with Crippen molar-refractivity contribution >= 4 is 32.7 Å². The zero-order chi connectivity index (χ0) is 21.5. The van der Waals surface area contributed by atoms with E-state index in [1.54, 1.807) is 0 Å². The predicted molar refractivity (Wildman–Crippen MR) is 125 cm³/mol. The van der Waals surface area contributed by atoms with E-state index in [0.717, 1.165) is 57.3 Å². The molecule has 4 rings (SSSR count). The van der Waals surface area contributed by atoms with Gasteiger partial charge >= 0.3 is 0 Å². The molecule has 0 N–H and O–H groups in total. The number of rotatable bonds is 6. The fraction of sp³-hybridized carbons (Fsp3) is 0.346. The average Bonchev–Trinajstić information content (AvgIpc) is 3.11. The molecule has 0 aliphatic heterocycles. The lowest BCUT2D eigenvalue weighted by atomic mass is 9.72. The first-order valence-corrected chi connectivity index (χ1v) is 11.4. The zero-order valence-electron chi connectivity index (χ0n) is 18.0. The number of furan rings is 1. The number of hydrogen-bond donors (Lipinski definition) is 0. The Bertz CT molecular complexity index is 1150. The average molecular weight is 467 g/mol. The third-order valence-electron chi connectivity index (χ3n) is 5.99. The number of carbonyl (C=O) groups is 1. The number of carbonyl (C=O) groups excluding carboxylic acids is 1. The van der Waals surface area contributed by atoms with Crippen molar-refractivity contribution in [2.24, 2.45) is 0 Å². The van der Waals surface area contributed by atoms with Gasteiger partial charge in [0.25, 0.3) is 0 Å². The second-order valence-electron chi connectivity index (χ2n) is 8.33. The van der Waals surface area contributed by atoms with Gasteiger partial charge in [-0.25, -0.2) is 0 Å². The standard InChI is InChI=1S/C26H27BrO3/c1-5-7-16(6-2)12-13-29-18-9-11-19-21(15-18)26(3,4)25-23(24(19)28)20-10-8-17(27)14-22(20)30-25/h7-11,14-15H,5-6,12-13H2,1-4H3/b16-7+. The summed E-state index contributed by atoms with van der Waals surface area (Å²) >= 11 is 3.49. The molecular weight excluding hydrogens is 440 g/mol. The Hall–Kier alpha value is -2.33. The van der Waals surface area contributed by atoms with Crippen LogP contribution in [-0.2, 0) is 5.41 Å². The van der Waals surface area contributed by atoms with Crippen LogP contribution >= 0.6 is 15.9 Å². The largest absolute Gasteiger partial charge is 0.493 e. The van der Waals surface area contributed by atoms with Crippen LogP contribution in [0.2, 0.25) is 0 Å². The maximum Gasteiger partial charge on any atom is 0.197 e. The van der Waals surface area contributed by atoms with Crippen molar-refractivity contribution in [3.8, 4) is 5.75 Å². The summed E-state index contributed by atoms with van der Waals surface area (Å²) in [5.74, 6) is 1.54. The van der Waals surface area contributed by atoms with Crippen molar-refractivity contribution in [1.82, 2.24) is 0 Å². The highest BCUT2D eigenvalue weighted by Gasteiger charge is 2.41. The van der Waals surface area contributed by atoms with E-state index < -0.39 is 5.41 Å². The van der Waals surface area contributed by atoms with Gasteiger partial charge in [-0.3, -0.25) is 4.79 Å². The second kappa shape index (κ2) is 8.07. The summed E-state index contributed by atoms with van der Waals surface area (Å²) in [7, 11) is 0. The second-order valence-corrected chi connectivity index (χ2v) is 9.25. The van der Waals surface area contributed by atoms with Gasteiger partial charge in [0.05, 0.1) is 12.2 Å². The molecular formula is C26H27BrO3. The maximum atomic E-state index is 13.4. The maximum absolute atomic E-state index is 13.4. The van der Waals surface area contributed by atoms with Crippen LogP contribution in [0.4, 0.5) is 0 Å². The Morgan fingerprint density at radius 3 is 2.70 bits per heavy atom. The Morgan fingerprint density at radius 1 is 1.17 bits per heavy atom. The molecule has 30 heavy (non-hydrogen) atoms. The van der Waals surface area contributed by atoms with Crippen molar-refractivity contribution < 1.29 is 13.9 Å². The summed E-state index contributed by atoms with van der Waals surface area (Å²) in [5.41, 5.74) is 4.08. The summed E-state index contributed by atoms with van der Waals surface area (Å²) < 4.78 is 13.2. The highest BCUT2D eigenvalue weighted by Crippen LogP contribution is 2.46. The number of ether oxygens (including phenoxy) is 1. The van der Waals surface area contributed by atoms with Gasteiger partial charge in [0.15, 0.2) is 5.78 Å². The summed E-state index contributed by atoms with van der Waals surface area (Å²) in [6, 6.07) is 11.6. The van der Waals surface area contributed by atoms with E-state index in [1.807, 2.05) is 36.4 Å². The molecule has 0 atom stereocenters. The van der Waals surface area contributed by atoms with Gasteiger partial charge in [-0.1, -0.05) is 41.4 Å². The highest BCUT2D eigenvalue weighted by atomic mass is 79.9. The van der Waals surface area contributed by atoms with Gasteiger partial charge in [0, 0.05) is 27.3 Å². The zero-order valence-corrected chi connectivity index (χ0v) is 19.6. The smallest absolute Gasteiger partial charge is 0.197 e. The molecule has 0 radical (unpaired) electrons. The Balaban J connectivity index is 1.68. The van der Waals surface area contributed by atoms with Crippen molar-refractivity contribution in [3.63, 3.8) is 0 Å². The summed E-state index contributed by atoms with van der Waals surface area (Å²) in [4.78, 5) is 13.4. The molecule has 156 valence electrons. The molecule has 1 aliphatic carbocycles. The number of allylic oxidation sites excluding steroid dienone is 1. The molecule has 3 nitrogen and oxygen atoms in total. The minimum atomic E-state index is -0.430. The lowest BCUT2D eigenvalue weighted by Crippen LogP contribution is -2.29. The first kappa shape index (κ1) is 20.9. The van der Waals surface area contributed by atoms with Gasteiger partial charge in [-0.2, -0.15) is 0 Å². The fourth-order valence-corrected chi connectivity index (χ4v) is 4.67. The SMILES string of the molecule is CC/C=C(\CC)CCOc1ccc2c(c1)C(C)(C)c1oc3cc(Br)ccc3c1C2=O. The summed E-state index contributed by atoms with van der Waals surface area (Å²) in [6.45, 7) is 9.19. The molecule has 0 spiro atoms. The molecule has 4 heteroatoms. The monoisotopic (exact) mass is 466 g/mol. The third kappa shape index (κ3) is 3.51. The minimum Gasteiger partial charge on any atom is -0.493 e. The quantitative estimate of drug-likeness (QED) is 0.351. The van der Waals surface area contributed by atoms with E-state index in [0.29, 0.717) is 12.2 Å². The molecule has 0 saturated carbocycles. The lowest BCUT2D eigenvalue weighted by Gasteiger charge is -2.30. The molecule has 0 unspecified atom stereocenters. The third-order valence-corrected chi connectivity index (χ3v) is 6.49. The number of fused-ring (bicyclic) bond motifs is 4. The number of ketones is 1. The van der Waals surface area contributed by atoms with Crippen LogP contribution in [0.1, 0.15) is 74.2 Å². The lowest BCUT2D eigenvalue weighted by molar-refractivity contribution is 0.102. The Morgan fingerprint density at radius 2 is 1.97 bits per heavy atom. The minimum absolute atomic E-state index is 0.0195. The molecule has 0 saturated heterocycles. The van der Waals surface area contributed by atoms with Gasteiger partial charge in [0.2, 0.25) is 0 Å². The van der Waals surface area contributed by atoms with Crippen LogP contribution in [0.3, 0.4) is 0 Å². The molecule has 0 amide bonds. The molecule has 3 aromatic rings. The number of halogens is 1. The topological polar surface area (TPSA) is 39.4 Å².